The first kappa shape index (κ1) is 12.4. The molecule has 0 radical (unpaired) electrons. The van der Waals surface area contributed by atoms with E-state index >= 15 is 0 Å². The van der Waals surface area contributed by atoms with Gasteiger partial charge in [-0.1, -0.05) is 47.5 Å². The molecule has 1 N–H and O–H groups in total. The third kappa shape index (κ3) is 3.45. The van der Waals surface area contributed by atoms with E-state index in [-0.39, 0.29) is 5.91 Å². The molecule has 18 heavy (non-hydrogen) atoms. The summed E-state index contributed by atoms with van der Waals surface area (Å²) in [5.74, 6) is 0.0164. The molecule has 0 saturated carbocycles. The third-order valence-corrected chi connectivity index (χ3v) is 2.82. The molecule has 0 aliphatic carbocycles. The predicted molar refractivity (Wildman–Crippen MR) is 74.7 cm³/mol. The van der Waals surface area contributed by atoms with Crippen LogP contribution in [0.4, 0.5) is 5.69 Å². The van der Waals surface area contributed by atoms with Crippen LogP contribution in [0.1, 0.15) is 16.7 Å². The van der Waals surface area contributed by atoms with Gasteiger partial charge in [-0.05, 0) is 31.5 Å². The van der Waals surface area contributed by atoms with Crippen LogP contribution in [0.15, 0.2) is 48.5 Å². The fraction of sp³-hybridized carbons (Fsp3) is 0.188. The van der Waals surface area contributed by atoms with E-state index in [1.54, 1.807) is 0 Å². The van der Waals surface area contributed by atoms with Crippen molar-refractivity contribution in [2.24, 2.45) is 0 Å². The monoisotopic (exact) mass is 239 g/mol. The van der Waals surface area contributed by atoms with Gasteiger partial charge in [0, 0.05) is 5.69 Å². The van der Waals surface area contributed by atoms with E-state index in [0.717, 1.165) is 11.3 Å². The van der Waals surface area contributed by atoms with Crippen molar-refractivity contribution in [3.63, 3.8) is 0 Å². The smallest absolute Gasteiger partial charge is 0.228 e. The summed E-state index contributed by atoms with van der Waals surface area (Å²) < 4.78 is 0. The molecule has 0 aromatic heterocycles. The Hall–Kier alpha value is -2.09. The molecule has 0 aliphatic rings. The molecular formula is C16H17NO. The van der Waals surface area contributed by atoms with Gasteiger partial charge < -0.3 is 5.32 Å². The molecule has 2 nitrogen and oxygen atoms in total. The Morgan fingerprint density at radius 1 is 0.889 bits per heavy atom. The van der Waals surface area contributed by atoms with Crippen LogP contribution in [0, 0.1) is 13.8 Å². The lowest BCUT2D eigenvalue weighted by molar-refractivity contribution is -0.115. The first-order valence-electron chi connectivity index (χ1n) is 6.05. The van der Waals surface area contributed by atoms with Crippen LogP contribution in [-0.2, 0) is 11.2 Å². The molecule has 0 unspecified atom stereocenters. The lowest BCUT2D eigenvalue weighted by Crippen LogP contribution is -2.14. The number of benzene rings is 2. The molecule has 2 rings (SSSR count). The zero-order chi connectivity index (χ0) is 13.0. The third-order valence-electron chi connectivity index (χ3n) is 2.82. The van der Waals surface area contributed by atoms with Crippen LogP contribution in [0.5, 0.6) is 0 Å². The van der Waals surface area contributed by atoms with Crippen molar-refractivity contribution in [3.05, 3.63) is 65.2 Å². The summed E-state index contributed by atoms with van der Waals surface area (Å²) in [5, 5.41) is 2.89. The van der Waals surface area contributed by atoms with Gasteiger partial charge in [0.1, 0.15) is 0 Å². The van der Waals surface area contributed by atoms with Crippen LogP contribution >= 0.6 is 0 Å². The van der Waals surface area contributed by atoms with Crippen LogP contribution < -0.4 is 5.32 Å². The van der Waals surface area contributed by atoms with Gasteiger partial charge in [0.05, 0.1) is 6.42 Å². The summed E-state index contributed by atoms with van der Waals surface area (Å²) in [6, 6.07) is 15.8. The van der Waals surface area contributed by atoms with Gasteiger partial charge in [0.2, 0.25) is 5.91 Å². The van der Waals surface area contributed by atoms with Gasteiger partial charge in [0.15, 0.2) is 0 Å². The highest BCUT2D eigenvalue weighted by molar-refractivity contribution is 5.92. The van der Waals surface area contributed by atoms with Gasteiger partial charge in [-0.3, -0.25) is 4.79 Å². The van der Waals surface area contributed by atoms with Crippen molar-refractivity contribution < 1.29 is 4.79 Å². The minimum Gasteiger partial charge on any atom is -0.326 e. The maximum atomic E-state index is 11.8. The van der Waals surface area contributed by atoms with E-state index in [1.165, 1.54) is 11.1 Å². The van der Waals surface area contributed by atoms with Gasteiger partial charge in [-0.2, -0.15) is 0 Å². The minimum absolute atomic E-state index is 0.0164. The Labute approximate surface area is 108 Å². The molecule has 0 bridgehead atoms. The molecule has 1 amide bonds. The largest absolute Gasteiger partial charge is 0.326 e. The molecule has 2 heteroatoms. The number of hydrogen-bond acceptors (Lipinski definition) is 1. The standard InChI is InChI=1S/C16H17NO/c1-12-3-7-14(8-4-12)11-16(18)17-15-9-5-13(2)6-10-15/h3-10H,11H2,1-2H3,(H,17,18). The number of amides is 1. The zero-order valence-electron chi connectivity index (χ0n) is 10.7. The van der Waals surface area contributed by atoms with Gasteiger partial charge in [0.25, 0.3) is 0 Å². The molecule has 0 atom stereocenters. The Balaban J connectivity index is 1.96. The van der Waals surface area contributed by atoms with Crippen molar-refractivity contribution >= 4 is 11.6 Å². The quantitative estimate of drug-likeness (QED) is 0.872. The number of carbonyl (C=O) groups is 1. The topological polar surface area (TPSA) is 29.1 Å². The number of aryl methyl sites for hydroxylation is 2. The second-order valence-corrected chi connectivity index (χ2v) is 4.58. The highest BCUT2D eigenvalue weighted by atomic mass is 16.1. The molecule has 92 valence electrons. The van der Waals surface area contributed by atoms with E-state index < -0.39 is 0 Å². The summed E-state index contributed by atoms with van der Waals surface area (Å²) in [4.78, 5) is 11.8. The Morgan fingerprint density at radius 3 is 1.94 bits per heavy atom. The Bertz CT molecular complexity index is 477. The maximum absolute atomic E-state index is 11.8. The van der Waals surface area contributed by atoms with Gasteiger partial charge >= 0.3 is 0 Å². The SMILES string of the molecule is Cc1ccc(CC(=O)Nc2ccc(C)cc2)cc1. The second-order valence-electron chi connectivity index (χ2n) is 4.58. The Morgan fingerprint density at radius 2 is 1.39 bits per heavy atom. The highest BCUT2D eigenvalue weighted by Crippen LogP contribution is 2.10. The Kier molecular flexibility index (Phi) is 3.78. The highest BCUT2D eigenvalue weighted by Gasteiger charge is 2.03. The van der Waals surface area contributed by atoms with Crippen molar-refractivity contribution in [1.82, 2.24) is 0 Å². The molecule has 2 aromatic carbocycles. The van der Waals surface area contributed by atoms with Crippen molar-refractivity contribution in [2.75, 3.05) is 5.32 Å². The number of hydrogen-bond donors (Lipinski definition) is 1. The van der Waals surface area contributed by atoms with Crippen LogP contribution in [-0.4, -0.2) is 5.91 Å². The maximum Gasteiger partial charge on any atom is 0.228 e. The minimum atomic E-state index is 0.0164. The summed E-state index contributed by atoms with van der Waals surface area (Å²) in [5.41, 5.74) is 4.27. The molecule has 0 fully saturated rings. The van der Waals surface area contributed by atoms with Gasteiger partial charge in [-0.15, -0.1) is 0 Å². The number of carbonyl (C=O) groups excluding carboxylic acids is 1. The van der Waals surface area contributed by atoms with Crippen LogP contribution in [0.2, 0.25) is 0 Å². The number of nitrogens with one attached hydrogen (secondary N) is 1. The lowest BCUT2D eigenvalue weighted by Gasteiger charge is -2.06. The molecule has 0 saturated heterocycles. The van der Waals surface area contributed by atoms with Crippen LogP contribution in [0.25, 0.3) is 0 Å². The predicted octanol–water partition coefficient (Wildman–Crippen LogP) is 3.48. The molecule has 2 aromatic rings. The van der Waals surface area contributed by atoms with E-state index in [0.29, 0.717) is 6.42 Å². The first-order valence-corrected chi connectivity index (χ1v) is 6.05. The first-order chi connectivity index (χ1) is 8.63. The normalized spacial score (nSPS) is 10.1. The number of rotatable bonds is 3. The average Bonchev–Trinajstić information content (AvgIpc) is 2.35. The average molecular weight is 239 g/mol. The fourth-order valence-corrected chi connectivity index (χ4v) is 1.73. The summed E-state index contributed by atoms with van der Waals surface area (Å²) >= 11 is 0. The van der Waals surface area contributed by atoms with Gasteiger partial charge in [-0.25, -0.2) is 0 Å². The molecule has 0 heterocycles. The van der Waals surface area contributed by atoms with Crippen molar-refractivity contribution in [3.8, 4) is 0 Å². The summed E-state index contributed by atoms with van der Waals surface area (Å²) in [6.07, 6.45) is 0.411. The molecule has 0 spiro atoms. The van der Waals surface area contributed by atoms with Crippen molar-refractivity contribution in [2.45, 2.75) is 20.3 Å². The molecular weight excluding hydrogens is 222 g/mol. The van der Waals surface area contributed by atoms with Crippen molar-refractivity contribution in [1.29, 1.82) is 0 Å². The number of anilines is 1. The summed E-state index contributed by atoms with van der Waals surface area (Å²) in [7, 11) is 0. The summed E-state index contributed by atoms with van der Waals surface area (Å²) in [6.45, 7) is 4.06. The molecule has 0 aliphatic heterocycles. The van der Waals surface area contributed by atoms with Crippen LogP contribution in [0.3, 0.4) is 0 Å². The van der Waals surface area contributed by atoms with E-state index in [9.17, 15) is 4.79 Å². The van der Waals surface area contributed by atoms with E-state index in [4.69, 9.17) is 0 Å². The lowest BCUT2D eigenvalue weighted by atomic mass is 10.1. The van der Waals surface area contributed by atoms with E-state index in [1.807, 2.05) is 62.4 Å². The van der Waals surface area contributed by atoms with E-state index in [2.05, 4.69) is 5.32 Å². The second kappa shape index (κ2) is 5.50. The fourth-order valence-electron chi connectivity index (χ4n) is 1.73. The zero-order valence-corrected chi connectivity index (χ0v) is 10.7.